The third-order valence-electron chi connectivity index (χ3n) is 2.64. The lowest BCUT2D eigenvalue weighted by Gasteiger charge is -2.25. The van der Waals surface area contributed by atoms with E-state index in [2.05, 4.69) is 10.2 Å². The summed E-state index contributed by atoms with van der Waals surface area (Å²) in [6, 6.07) is -0.257. The number of ether oxygens (including phenoxy) is 3. The van der Waals surface area contributed by atoms with Gasteiger partial charge in [-0.25, -0.2) is 5.06 Å². The molecule has 8 nitrogen and oxygen atoms in total. The van der Waals surface area contributed by atoms with E-state index in [9.17, 15) is 13.6 Å². The molecule has 0 saturated carbocycles. The van der Waals surface area contributed by atoms with Crippen LogP contribution in [0.5, 0.6) is 10.4 Å². The molecule has 11 heteroatoms. The van der Waals surface area contributed by atoms with Crippen LogP contribution in [0.1, 0.15) is 26.5 Å². The monoisotopic (exact) mass is 370 g/mol. The number of carbonyl (C=O) groups is 1. The van der Waals surface area contributed by atoms with E-state index in [0.29, 0.717) is 13.2 Å². The van der Waals surface area contributed by atoms with Gasteiger partial charge in [0, 0.05) is 6.61 Å². The number of rotatable bonds is 11. The second-order valence-electron chi connectivity index (χ2n) is 4.67. The molecule has 1 heterocycles. The first-order chi connectivity index (χ1) is 11.4. The van der Waals surface area contributed by atoms with Crippen molar-refractivity contribution in [3.8, 4) is 10.4 Å². The van der Waals surface area contributed by atoms with Crippen molar-refractivity contribution in [2.75, 3.05) is 33.5 Å². The van der Waals surface area contributed by atoms with Crippen molar-refractivity contribution < 1.29 is 32.6 Å². The normalized spacial score (nSPS) is 11.9. The van der Waals surface area contributed by atoms with Crippen LogP contribution in [0.2, 0.25) is 0 Å². The molecule has 0 N–H and O–H groups in total. The maximum Gasteiger partial charge on any atom is 0.465 e. The summed E-state index contributed by atoms with van der Waals surface area (Å²) in [5.41, 5.74) is 0. The van der Waals surface area contributed by atoms with Crippen LogP contribution in [0, 0.1) is 0 Å². The number of nitrogens with zero attached hydrogens (tertiary/aromatic N) is 3. The molecule has 1 aromatic rings. The Bertz CT molecular complexity index is 516. The molecule has 0 fully saturated rings. The van der Waals surface area contributed by atoms with Gasteiger partial charge in [0.25, 0.3) is 5.91 Å². The summed E-state index contributed by atoms with van der Waals surface area (Å²) in [4.78, 5) is 17.5. The number of hydrogen-bond acceptors (Lipinski definition) is 7. The molecule has 1 rings (SSSR count). The average Bonchev–Trinajstić information content (AvgIpc) is 2.95. The zero-order valence-corrected chi connectivity index (χ0v) is 14.8. The SMILES string of the molecule is CCOCCON(C(=O)COc1nnc(OC)[s+]1C(F)F)C(C)C. The molecule has 1 aromatic heterocycles. The number of carbonyl (C=O) groups excluding carboxylic acids is 1. The highest BCUT2D eigenvalue weighted by Gasteiger charge is 2.37. The Labute approximate surface area is 141 Å². The standard InChI is InChI=1S/C13H22F2N3O5S/c1-5-21-6-7-23-18(9(2)3)10(19)8-22-13-17-16-12(20-4)24(13)11(14)15/h9,11H,5-8H2,1-4H3/q+1. The molecule has 1 amide bonds. The minimum atomic E-state index is -2.77. The fourth-order valence-electron chi connectivity index (χ4n) is 1.65. The van der Waals surface area contributed by atoms with Crippen molar-refractivity contribution in [3.63, 3.8) is 0 Å². The summed E-state index contributed by atoms with van der Waals surface area (Å²) in [7, 11) is -0.593. The maximum absolute atomic E-state index is 13.0. The van der Waals surface area contributed by atoms with Gasteiger partial charge in [-0.2, -0.15) is 8.78 Å². The van der Waals surface area contributed by atoms with Gasteiger partial charge in [0.05, 0.1) is 26.4 Å². The highest BCUT2D eigenvalue weighted by atomic mass is 32.2. The van der Waals surface area contributed by atoms with E-state index in [1.807, 2.05) is 6.92 Å². The molecule has 0 aromatic carbocycles. The predicted octanol–water partition coefficient (Wildman–Crippen LogP) is 2.21. The topological polar surface area (TPSA) is 83.0 Å². The summed E-state index contributed by atoms with van der Waals surface area (Å²) in [5, 5.41) is 7.57. The number of alkyl halides is 2. The summed E-state index contributed by atoms with van der Waals surface area (Å²) in [6.45, 7) is 5.92. The van der Waals surface area contributed by atoms with Crippen LogP contribution in [0.25, 0.3) is 0 Å². The minimum Gasteiger partial charge on any atom is -0.440 e. The zero-order chi connectivity index (χ0) is 18.1. The molecule has 0 aliphatic rings. The maximum atomic E-state index is 13.0. The first kappa shape index (κ1) is 20.5. The number of amides is 1. The van der Waals surface area contributed by atoms with Gasteiger partial charge in [-0.3, -0.25) is 9.63 Å². The van der Waals surface area contributed by atoms with Crippen LogP contribution in [0.15, 0.2) is 0 Å². The van der Waals surface area contributed by atoms with Crippen molar-refractivity contribution in [2.45, 2.75) is 32.6 Å². The van der Waals surface area contributed by atoms with Crippen LogP contribution in [0.4, 0.5) is 8.78 Å². The molecule has 0 radical (unpaired) electrons. The molecule has 0 spiro atoms. The molecular weight excluding hydrogens is 348 g/mol. The Balaban J connectivity index is 2.64. The van der Waals surface area contributed by atoms with Crippen LogP contribution in [-0.2, 0) is 14.4 Å². The van der Waals surface area contributed by atoms with E-state index in [4.69, 9.17) is 19.0 Å². The summed E-state index contributed by atoms with van der Waals surface area (Å²) < 4.78 is 41.0. The molecule has 0 bridgehead atoms. The van der Waals surface area contributed by atoms with Crippen molar-refractivity contribution in [3.05, 3.63) is 0 Å². The van der Waals surface area contributed by atoms with Gasteiger partial charge in [-0.05, 0) is 20.8 Å². The fraction of sp³-hybridized carbons (Fsp3) is 0.769. The number of methoxy groups -OCH3 is 1. The van der Waals surface area contributed by atoms with Gasteiger partial charge in [0.2, 0.25) is 0 Å². The zero-order valence-electron chi connectivity index (χ0n) is 14.0. The Morgan fingerprint density at radius 2 is 1.92 bits per heavy atom. The molecule has 24 heavy (non-hydrogen) atoms. The highest BCUT2D eigenvalue weighted by Crippen LogP contribution is 2.48. The summed E-state index contributed by atoms with van der Waals surface area (Å²) in [5.74, 6) is -3.29. The second-order valence-corrected chi connectivity index (χ2v) is 6.40. The Hall–Kier alpha value is -1.59. The van der Waals surface area contributed by atoms with Gasteiger partial charge in [-0.1, -0.05) is 10.2 Å². The van der Waals surface area contributed by atoms with Gasteiger partial charge in [-0.15, -0.1) is 0 Å². The van der Waals surface area contributed by atoms with E-state index in [0.717, 1.165) is 5.06 Å². The average molecular weight is 370 g/mol. The highest BCUT2D eigenvalue weighted by molar-refractivity contribution is 7.34. The van der Waals surface area contributed by atoms with Crippen LogP contribution < -0.4 is 9.47 Å². The van der Waals surface area contributed by atoms with Crippen molar-refractivity contribution in [1.82, 2.24) is 15.3 Å². The van der Waals surface area contributed by atoms with Crippen LogP contribution in [0.3, 0.4) is 0 Å². The lowest BCUT2D eigenvalue weighted by atomic mass is 10.4. The van der Waals surface area contributed by atoms with Crippen molar-refractivity contribution >= 4 is 16.4 Å². The van der Waals surface area contributed by atoms with Crippen molar-refractivity contribution in [1.29, 1.82) is 0 Å². The van der Waals surface area contributed by atoms with E-state index in [-0.39, 0.29) is 23.0 Å². The van der Waals surface area contributed by atoms with Crippen LogP contribution in [-0.4, -0.2) is 60.7 Å². The number of halogens is 2. The Morgan fingerprint density at radius 1 is 1.25 bits per heavy atom. The van der Waals surface area contributed by atoms with E-state index in [1.54, 1.807) is 13.8 Å². The van der Waals surface area contributed by atoms with E-state index < -0.39 is 28.7 Å². The van der Waals surface area contributed by atoms with Crippen molar-refractivity contribution in [2.24, 2.45) is 0 Å². The first-order valence-corrected chi connectivity index (χ1v) is 8.57. The lowest BCUT2D eigenvalue weighted by Crippen LogP contribution is -2.40. The van der Waals surface area contributed by atoms with E-state index >= 15 is 0 Å². The largest absolute Gasteiger partial charge is 0.465 e. The van der Waals surface area contributed by atoms with Gasteiger partial charge >= 0.3 is 16.1 Å². The minimum absolute atomic E-state index is 0.192. The third kappa shape index (κ3) is 5.80. The lowest BCUT2D eigenvalue weighted by molar-refractivity contribution is -0.202. The summed E-state index contributed by atoms with van der Waals surface area (Å²) >= 11 is 0. The Morgan fingerprint density at radius 3 is 2.46 bits per heavy atom. The van der Waals surface area contributed by atoms with E-state index in [1.165, 1.54) is 7.11 Å². The fourth-order valence-corrected chi connectivity index (χ4v) is 2.73. The third-order valence-corrected chi connectivity index (χ3v) is 4.20. The van der Waals surface area contributed by atoms with Crippen LogP contribution >= 0.6 is 10.5 Å². The number of aromatic nitrogens is 2. The smallest absolute Gasteiger partial charge is 0.440 e. The quantitative estimate of drug-likeness (QED) is 0.335. The molecule has 1 atom stereocenters. The number of hydrogen-bond donors (Lipinski definition) is 0. The molecule has 138 valence electrons. The molecular formula is C13H22F2N3O5S+. The van der Waals surface area contributed by atoms with Gasteiger partial charge < -0.3 is 14.2 Å². The molecule has 0 aliphatic carbocycles. The molecule has 0 aliphatic heterocycles. The molecule has 1 unspecified atom stereocenters. The number of hydroxylamine groups is 2. The summed E-state index contributed by atoms with van der Waals surface area (Å²) in [6.07, 6.45) is 0. The molecule has 0 saturated heterocycles. The second kappa shape index (κ2) is 10.3. The van der Waals surface area contributed by atoms with Gasteiger partial charge in [0.15, 0.2) is 17.1 Å². The van der Waals surface area contributed by atoms with Gasteiger partial charge in [0.1, 0.15) is 0 Å². The Kier molecular flexibility index (Phi) is 8.79. The predicted molar refractivity (Wildman–Crippen MR) is 82.2 cm³/mol. The first-order valence-electron chi connectivity index (χ1n) is 7.28.